The van der Waals surface area contributed by atoms with Crippen molar-refractivity contribution >= 4 is 40.7 Å². The van der Waals surface area contributed by atoms with Crippen molar-refractivity contribution in [3.05, 3.63) is 69.9 Å². The second kappa shape index (κ2) is 6.70. The van der Waals surface area contributed by atoms with Gasteiger partial charge in [-0.05, 0) is 48.1 Å². The summed E-state index contributed by atoms with van der Waals surface area (Å²) in [6.45, 7) is 0. The van der Waals surface area contributed by atoms with Gasteiger partial charge < -0.3 is 10.1 Å². The fourth-order valence-corrected chi connectivity index (χ4v) is 2.68. The van der Waals surface area contributed by atoms with Gasteiger partial charge in [0.25, 0.3) is 11.6 Å². The molecule has 1 amide bonds. The molecule has 1 N–H and O–H groups in total. The van der Waals surface area contributed by atoms with E-state index in [1.165, 1.54) is 17.0 Å². The number of anilines is 1. The highest BCUT2D eigenvalue weighted by atomic mass is 32.1. The highest BCUT2D eigenvalue weighted by Gasteiger charge is 2.32. The summed E-state index contributed by atoms with van der Waals surface area (Å²) in [6, 6.07) is 12.9. The molecule has 1 saturated heterocycles. The number of nitrogens with zero attached hydrogens (tertiary/aromatic N) is 2. The Kier molecular flexibility index (Phi) is 4.44. The van der Waals surface area contributed by atoms with Crippen LogP contribution in [0.4, 0.5) is 11.4 Å². The van der Waals surface area contributed by atoms with Crippen LogP contribution in [-0.2, 0) is 4.79 Å². The van der Waals surface area contributed by atoms with Crippen LogP contribution < -0.4 is 15.0 Å². The summed E-state index contributed by atoms with van der Waals surface area (Å²) >= 11 is 5.25. The monoisotopic (exact) mass is 355 g/mol. The minimum Gasteiger partial charge on any atom is -0.497 e. The van der Waals surface area contributed by atoms with Crippen LogP contribution >= 0.6 is 12.2 Å². The Morgan fingerprint density at radius 1 is 1.24 bits per heavy atom. The molecular weight excluding hydrogens is 342 g/mol. The summed E-state index contributed by atoms with van der Waals surface area (Å²) in [5, 5.41) is 13.8. The van der Waals surface area contributed by atoms with Crippen LogP contribution in [0, 0.1) is 10.1 Å². The predicted octanol–water partition coefficient (Wildman–Crippen LogP) is 2.87. The minimum atomic E-state index is -0.477. The molecule has 25 heavy (non-hydrogen) atoms. The number of nitrogens with one attached hydrogen (secondary N) is 1. The summed E-state index contributed by atoms with van der Waals surface area (Å²) in [7, 11) is 1.54. The zero-order chi connectivity index (χ0) is 18.0. The predicted molar refractivity (Wildman–Crippen MR) is 97.3 cm³/mol. The summed E-state index contributed by atoms with van der Waals surface area (Å²) in [4.78, 5) is 24.2. The Hall–Kier alpha value is -3.26. The number of rotatable bonds is 4. The Morgan fingerprint density at radius 3 is 2.60 bits per heavy atom. The summed E-state index contributed by atoms with van der Waals surface area (Å²) in [5.41, 5.74) is 1.52. The lowest BCUT2D eigenvalue weighted by Crippen LogP contribution is -2.30. The number of non-ortho nitro benzene ring substituents is 1. The summed E-state index contributed by atoms with van der Waals surface area (Å²) in [5.74, 6) is 0.303. The van der Waals surface area contributed by atoms with Gasteiger partial charge >= 0.3 is 0 Å². The number of ether oxygens (including phenoxy) is 1. The van der Waals surface area contributed by atoms with Crippen molar-refractivity contribution in [1.29, 1.82) is 0 Å². The minimum absolute atomic E-state index is 0.0126. The molecule has 0 atom stereocenters. The molecule has 0 spiro atoms. The summed E-state index contributed by atoms with van der Waals surface area (Å²) in [6.07, 6.45) is 1.60. The van der Waals surface area contributed by atoms with Gasteiger partial charge in [0.2, 0.25) is 0 Å². The van der Waals surface area contributed by atoms with Gasteiger partial charge in [0.15, 0.2) is 5.11 Å². The van der Waals surface area contributed by atoms with Crippen molar-refractivity contribution in [2.45, 2.75) is 0 Å². The van der Waals surface area contributed by atoms with E-state index in [-0.39, 0.29) is 16.7 Å². The lowest BCUT2D eigenvalue weighted by molar-refractivity contribution is -0.384. The van der Waals surface area contributed by atoms with Crippen molar-refractivity contribution in [3.8, 4) is 5.75 Å². The van der Waals surface area contributed by atoms with E-state index in [9.17, 15) is 14.9 Å². The van der Waals surface area contributed by atoms with E-state index in [0.717, 1.165) is 0 Å². The second-order valence-electron chi connectivity index (χ2n) is 5.18. The number of benzene rings is 2. The maximum Gasteiger partial charge on any atom is 0.281 e. The molecule has 0 aromatic heterocycles. The molecule has 126 valence electrons. The highest BCUT2D eigenvalue weighted by molar-refractivity contribution is 7.80. The second-order valence-corrected chi connectivity index (χ2v) is 5.57. The molecule has 2 aromatic rings. The Labute approximate surface area is 148 Å². The van der Waals surface area contributed by atoms with Crippen molar-refractivity contribution in [1.82, 2.24) is 5.32 Å². The van der Waals surface area contributed by atoms with Crippen molar-refractivity contribution in [2.24, 2.45) is 0 Å². The van der Waals surface area contributed by atoms with E-state index in [1.54, 1.807) is 49.6 Å². The molecule has 3 rings (SSSR count). The number of carbonyl (C=O) groups is 1. The normalized spacial score (nSPS) is 15.4. The van der Waals surface area contributed by atoms with Crippen LogP contribution in [-0.4, -0.2) is 23.1 Å². The average Bonchev–Trinajstić information content (AvgIpc) is 2.89. The first-order valence-electron chi connectivity index (χ1n) is 7.25. The zero-order valence-electron chi connectivity index (χ0n) is 13.1. The lowest BCUT2D eigenvalue weighted by Gasteiger charge is -2.14. The van der Waals surface area contributed by atoms with Crippen molar-refractivity contribution in [2.75, 3.05) is 12.0 Å². The van der Waals surface area contributed by atoms with Gasteiger partial charge in [0.05, 0.1) is 17.7 Å². The van der Waals surface area contributed by atoms with Gasteiger partial charge in [-0.3, -0.25) is 19.8 Å². The van der Waals surface area contributed by atoms with E-state index in [1.807, 2.05) is 0 Å². The molecule has 1 fully saturated rings. The molecule has 1 aliphatic heterocycles. The molecule has 0 unspecified atom stereocenters. The molecule has 1 aliphatic rings. The number of amides is 1. The van der Waals surface area contributed by atoms with Crippen molar-refractivity contribution in [3.63, 3.8) is 0 Å². The lowest BCUT2D eigenvalue weighted by atomic mass is 10.1. The van der Waals surface area contributed by atoms with Gasteiger partial charge in [0, 0.05) is 18.2 Å². The van der Waals surface area contributed by atoms with Crippen LogP contribution in [0.3, 0.4) is 0 Å². The van der Waals surface area contributed by atoms with Crippen LogP contribution in [0.2, 0.25) is 0 Å². The third-order valence-electron chi connectivity index (χ3n) is 3.60. The number of nitro benzene ring substituents is 1. The van der Waals surface area contributed by atoms with Crippen LogP contribution in [0.15, 0.2) is 54.2 Å². The number of hydrogen-bond donors (Lipinski definition) is 1. The third-order valence-corrected chi connectivity index (χ3v) is 3.89. The quantitative estimate of drug-likeness (QED) is 0.393. The molecule has 2 aromatic carbocycles. The molecule has 1 heterocycles. The number of nitro groups is 1. The van der Waals surface area contributed by atoms with E-state index in [2.05, 4.69) is 5.32 Å². The topological polar surface area (TPSA) is 84.7 Å². The number of methoxy groups -OCH3 is 1. The first-order valence-corrected chi connectivity index (χ1v) is 7.66. The van der Waals surface area contributed by atoms with Gasteiger partial charge in [-0.2, -0.15) is 0 Å². The fourth-order valence-electron chi connectivity index (χ4n) is 2.38. The first-order chi connectivity index (χ1) is 12.0. The molecular formula is C17H13N3O4S. The van der Waals surface area contributed by atoms with Gasteiger partial charge in [0.1, 0.15) is 11.4 Å². The van der Waals surface area contributed by atoms with Crippen LogP contribution in [0.5, 0.6) is 5.75 Å². The fraction of sp³-hybridized carbons (Fsp3) is 0.0588. The van der Waals surface area contributed by atoms with Crippen molar-refractivity contribution < 1.29 is 14.5 Å². The third kappa shape index (κ3) is 3.33. The Bertz CT molecular complexity index is 893. The highest BCUT2D eigenvalue weighted by Crippen LogP contribution is 2.26. The zero-order valence-corrected chi connectivity index (χ0v) is 13.9. The van der Waals surface area contributed by atoms with Gasteiger partial charge in [-0.15, -0.1) is 0 Å². The SMILES string of the molecule is COc1cccc(N2C(=O)C(=Cc3ccc([N+](=O)[O-])cc3)NC2=S)c1. The number of thiocarbonyl (C=S) groups is 1. The van der Waals surface area contributed by atoms with Gasteiger partial charge in [-0.25, -0.2) is 0 Å². The average molecular weight is 355 g/mol. The Balaban J connectivity index is 1.88. The van der Waals surface area contributed by atoms with Crippen LogP contribution in [0.25, 0.3) is 6.08 Å². The number of hydrogen-bond acceptors (Lipinski definition) is 5. The standard InChI is InChI=1S/C17H13N3O4S/c1-24-14-4-2-3-13(10-14)19-16(21)15(18-17(19)25)9-11-5-7-12(8-6-11)20(22)23/h2-10H,1H3,(H,18,25). The van der Waals surface area contributed by atoms with Crippen LogP contribution in [0.1, 0.15) is 5.56 Å². The molecule has 7 nitrogen and oxygen atoms in total. The van der Waals surface area contributed by atoms with E-state index in [4.69, 9.17) is 17.0 Å². The maximum absolute atomic E-state index is 12.7. The molecule has 8 heteroatoms. The number of carbonyl (C=O) groups excluding carboxylic acids is 1. The van der Waals surface area contributed by atoms with E-state index >= 15 is 0 Å². The van der Waals surface area contributed by atoms with E-state index in [0.29, 0.717) is 22.7 Å². The molecule has 0 bridgehead atoms. The molecule has 0 aliphatic carbocycles. The maximum atomic E-state index is 12.7. The molecule has 0 saturated carbocycles. The van der Waals surface area contributed by atoms with Gasteiger partial charge in [-0.1, -0.05) is 6.07 Å². The van der Waals surface area contributed by atoms with E-state index < -0.39 is 4.92 Å². The molecule has 0 radical (unpaired) electrons. The Morgan fingerprint density at radius 2 is 1.96 bits per heavy atom. The first kappa shape index (κ1) is 16.6. The largest absolute Gasteiger partial charge is 0.497 e. The smallest absolute Gasteiger partial charge is 0.281 e. The summed E-state index contributed by atoms with van der Waals surface area (Å²) < 4.78 is 5.17.